The van der Waals surface area contributed by atoms with E-state index in [4.69, 9.17) is 0 Å². The highest BCUT2D eigenvalue weighted by atomic mass is 32.2. The van der Waals surface area contributed by atoms with E-state index in [0.717, 1.165) is 18.5 Å². The first-order valence-corrected chi connectivity index (χ1v) is 7.59. The normalized spacial score (nSPS) is 12.3. The molecule has 1 aromatic heterocycles. The summed E-state index contributed by atoms with van der Waals surface area (Å²) in [4.78, 5) is 3.91. The maximum absolute atomic E-state index is 12.2. The van der Waals surface area contributed by atoms with Crippen molar-refractivity contribution in [1.82, 2.24) is 18.9 Å². The van der Waals surface area contributed by atoms with Crippen LogP contribution in [0.5, 0.6) is 0 Å². The van der Waals surface area contributed by atoms with Crippen LogP contribution >= 0.6 is 0 Å². The van der Waals surface area contributed by atoms with Gasteiger partial charge in [0.25, 0.3) is 10.2 Å². The summed E-state index contributed by atoms with van der Waals surface area (Å²) in [6.07, 6.45) is 4.11. The minimum absolute atomic E-state index is 0.348. The Hall–Kier alpha value is -1.02. The summed E-state index contributed by atoms with van der Waals surface area (Å²) in [6.45, 7) is 1.65. The van der Waals surface area contributed by atoms with Gasteiger partial charge in [0.1, 0.15) is 0 Å². The standard InChI is InChI=1S/C12H22N4O2S/c1-13-7-4-10-15(2)19(17,18)16(3)11-12-5-8-14-9-6-12/h5-6,8-9,13H,4,7,10-11H2,1-3H3. The number of hydrogen-bond acceptors (Lipinski definition) is 4. The van der Waals surface area contributed by atoms with Crippen molar-refractivity contribution < 1.29 is 8.42 Å². The third kappa shape index (κ3) is 4.87. The Morgan fingerprint density at radius 3 is 2.42 bits per heavy atom. The molecule has 0 aromatic carbocycles. The van der Waals surface area contributed by atoms with Crippen molar-refractivity contribution in [3.8, 4) is 0 Å². The molecule has 6 nitrogen and oxygen atoms in total. The van der Waals surface area contributed by atoms with Crippen LogP contribution in [0.2, 0.25) is 0 Å². The highest BCUT2D eigenvalue weighted by molar-refractivity contribution is 7.86. The summed E-state index contributed by atoms with van der Waals surface area (Å²) in [5.41, 5.74) is 0.921. The third-order valence-corrected chi connectivity index (χ3v) is 4.73. The van der Waals surface area contributed by atoms with E-state index in [1.54, 1.807) is 26.5 Å². The van der Waals surface area contributed by atoms with Crippen LogP contribution in [0.4, 0.5) is 0 Å². The quantitative estimate of drug-likeness (QED) is 0.698. The SMILES string of the molecule is CNCCCN(C)S(=O)(=O)N(C)Cc1ccncc1. The summed E-state index contributed by atoms with van der Waals surface area (Å²) in [7, 11) is 1.64. The van der Waals surface area contributed by atoms with Gasteiger partial charge >= 0.3 is 0 Å². The van der Waals surface area contributed by atoms with Gasteiger partial charge in [-0.05, 0) is 37.7 Å². The molecule has 108 valence electrons. The zero-order valence-corrected chi connectivity index (χ0v) is 12.5. The van der Waals surface area contributed by atoms with E-state index < -0.39 is 10.2 Å². The van der Waals surface area contributed by atoms with Gasteiger partial charge in [-0.3, -0.25) is 4.98 Å². The Bertz CT molecular complexity index is 464. The number of nitrogens with one attached hydrogen (secondary N) is 1. The minimum atomic E-state index is -3.40. The Kier molecular flexibility index (Phi) is 6.36. The molecule has 0 saturated heterocycles. The van der Waals surface area contributed by atoms with E-state index in [1.807, 2.05) is 19.2 Å². The van der Waals surface area contributed by atoms with Crippen molar-refractivity contribution in [1.29, 1.82) is 0 Å². The second-order valence-electron chi connectivity index (χ2n) is 4.40. The summed E-state index contributed by atoms with van der Waals surface area (Å²) < 4.78 is 27.2. The van der Waals surface area contributed by atoms with Gasteiger partial charge in [-0.1, -0.05) is 0 Å². The molecule has 19 heavy (non-hydrogen) atoms. The number of rotatable bonds is 8. The molecular weight excluding hydrogens is 264 g/mol. The van der Waals surface area contributed by atoms with Gasteiger partial charge in [-0.25, -0.2) is 0 Å². The zero-order chi connectivity index (χ0) is 14.3. The van der Waals surface area contributed by atoms with Crippen LogP contribution in [-0.2, 0) is 16.8 Å². The van der Waals surface area contributed by atoms with Gasteiger partial charge in [-0.2, -0.15) is 17.0 Å². The number of aromatic nitrogens is 1. The fourth-order valence-electron chi connectivity index (χ4n) is 1.66. The molecule has 1 aromatic rings. The van der Waals surface area contributed by atoms with E-state index in [0.29, 0.717) is 13.1 Å². The van der Waals surface area contributed by atoms with Crippen LogP contribution in [0.3, 0.4) is 0 Å². The van der Waals surface area contributed by atoms with Gasteiger partial charge in [0.15, 0.2) is 0 Å². The van der Waals surface area contributed by atoms with E-state index in [2.05, 4.69) is 10.3 Å². The molecule has 0 aliphatic rings. The molecule has 0 bridgehead atoms. The summed E-state index contributed by atoms with van der Waals surface area (Å²) in [5, 5.41) is 3.00. The monoisotopic (exact) mass is 286 g/mol. The van der Waals surface area contributed by atoms with Crippen molar-refractivity contribution in [2.75, 3.05) is 34.2 Å². The fourth-order valence-corrected chi connectivity index (χ4v) is 2.81. The van der Waals surface area contributed by atoms with Gasteiger partial charge in [0.05, 0.1) is 0 Å². The minimum Gasteiger partial charge on any atom is -0.320 e. The summed E-state index contributed by atoms with van der Waals surface area (Å²) in [5.74, 6) is 0. The van der Waals surface area contributed by atoms with Crippen LogP contribution in [0, 0.1) is 0 Å². The molecule has 7 heteroatoms. The molecule has 0 aliphatic heterocycles. The average molecular weight is 286 g/mol. The lowest BCUT2D eigenvalue weighted by atomic mass is 10.3. The van der Waals surface area contributed by atoms with Crippen LogP contribution in [-0.4, -0.2) is 56.2 Å². The summed E-state index contributed by atoms with van der Waals surface area (Å²) >= 11 is 0. The predicted molar refractivity (Wildman–Crippen MR) is 75.8 cm³/mol. The van der Waals surface area contributed by atoms with Gasteiger partial charge in [0, 0.05) is 39.6 Å². The van der Waals surface area contributed by atoms with Crippen LogP contribution in [0.1, 0.15) is 12.0 Å². The smallest absolute Gasteiger partial charge is 0.281 e. The Morgan fingerprint density at radius 2 is 1.84 bits per heavy atom. The van der Waals surface area contributed by atoms with Crippen LogP contribution in [0.15, 0.2) is 24.5 Å². The zero-order valence-electron chi connectivity index (χ0n) is 11.7. The van der Waals surface area contributed by atoms with Crippen molar-refractivity contribution in [3.05, 3.63) is 30.1 Å². The topological polar surface area (TPSA) is 65.5 Å². The average Bonchev–Trinajstić information content (AvgIpc) is 2.40. The molecule has 0 unspecified atom stereocenters. The lowest BCUT2D eigenvalue weighted by molar-refractivity contribution is 0.385. The molecule has 0 aliphatic carbocycles. The lowest BCUT2D eigenvalue weighted by Gasteiger charge is -2.24. The van der Waals surface area contributed by atoms with Gasteiger partial charge in [-0.15, -0.1) is 0 Å². The fraction of sp³-hybridized carbons (Fsp3) is 0.583. The van der Waals surface area contributed by atoms with E-state index >= 15 is 0 Å². The molecule has 0 radical (unpaired) electrons. The second-order valence-corrected chi connectivity index (χ2v) is 6.54. The van der Waals surface area contributed by atoms with Gasteiger partial charge in [0.2, 0.25) is 0 Å². The maximum Gasteiger partial charge on any atom is 0.281 e. The molecule has 0 amide bonds. The molecule has 0 fully saturated rings. The highest BCUT2D eigenvalue weighted by Crippen LogP contribution is 2.09. The van der Waals surface area contributed by atoms with Crippen molar-refractivity contribution in [2.24, 2.45) is 0 Å². The predicted octanol–water partition coefficient (Wildman–Crippen LogP) is 0.300. The largest absolute Gasteiger partial charge is 0.320 e. The third-order valence-electron chi connectivity index (χ3n) is 2.84. The number of pyridine rings is 1. The molecule has 0 spiro atoms. The van der Waals surface area contributed by atoms with E-state index in [1.165, 1.54) is 8.61 Å². The highest BCUT2D eigenvalue weighted by Gasteiger charge is 2.23. The maximum atomic E-state index is 12.2. The van der Waals surface area contributed by atoms with Crippen molar-refractivity contribution in [3.63, 3.8) is 0 Å². The number of hydrogen-bond donors (Lipinski definition) is 1. The molecular formula is C12H22N4O2S. The Balaban J connectivity index is 2.60. The van der Waals surface area contributed by atoms with E-state index in [9.17, 15) is 8.42 Å². The lowest BCUT2D eigenvalue weighted by Crippen LogP contribution is -2.40. The van der Waals surface area contributed by atoms with Crippen LogP contribution in [0.25, 0.3) is 0 Å². The number of nitrogens with zero attached hydrogens (tertiary/aromatic N) is 3. The first-order valence-electron chi connectivity index (χ1n) is 6.19. The first kappa shape index (κ1) is 16.0. The molecule has 1 rings (SSSR count). The van der Waals surface area contributed by atoms with Crippen LogP contribution < -0.4 is 5.32 Å². The Morgan fingerprint density at radius 1 is 1.21 bits per heavy atom. The molecule has 0 saturated carbocycles. The molecule has 1 N–H and O–H groups in total. The second kappa shape index (κ2) is 7.54. The molecule has 0 atom stereocenters. The van der Waals surface area contributed by atoms with Crippen molar-refractivity contribution in [2.45, 2.75) is 13.0 Å². The molecule has 1 heterocycles. The Labute approximate surface area is 115 Å². The van der Waals surface area contributed by atoms with Gasteiger partial charge < -0.3 is 5.32 Å². The van der Waals surface area contributed by atoms with E-state index in [-0.39, 0.29) is 0 Å². The first-order chi connectivity index (χ1) is 8.98. The summed E-state index contributed by atoms with van der Waals surface area (Å²) in [6, 6.07) is 3.63. The van der Waals surface area contributed by atoms with Crippen molar-refractivity contribution >= 4 is 10.2 Å².